The zero-order valence-electron chi connectivity index (χ0n) is 13.7. The zero-order valence-corrected chi connectivity index (χ0v) is 14.6. The summed E-state index contributed by atoms with van der Waals surface area (Å²) in [6.07, 6.45) is -0.345. The van der Waals surface area contributed by atoms with Crippen LogP contribution in [0.1, 0.15) is 21.5 Å². The van der Waals surface area contributed by atoms with Gasteiger partial charge in [0, 0.05) is 10.5 Å². The van der Waals surface area contributed by atoms with E-state index >= 15 is 0 Å². The van der Waals surface area contributed by atoms with Gasteiger partial charge in [-0.1, -0.05) is 35.4 Å². The molecule has 0 spiro atoms. The van der Waals surface area contributed by atoms with E-state index in [2.05, 4.69) is 47.4 Å². The fourth-order valence-corrected chi connectivity index (χ4v) is 3.61. The van der Waals surface area contributed by atoms with Crippen molar-refractivity contribution < 1.29 is 4.79 Å². The van der Waals surface area contributed by atoms with E-state index in [9.17, 15) is 4.79 Å². The molecule has 0 bridgehead atoms. The molecule has 0 saturated carbocycles. The highest BCUT2D eigenvalue weighted by atomic mass is 32.2. The number of aryl methyl sites for hydroxylation is 2. The van der Waals surface area contributed by atoms with E-state index in [-0.39, 0.29) is 23.5 Å². The van der Waals surface area contributed by atoms with E-state index in [1.165, 1.54) is 5.56 Å². The minimum absolute atomic E-state index is 0.0443. The number of hydrazine groups is 1. The first-order chi connectivity index (χ1) is 11.5. The van der Waals surface area contributed by atoms with Crippen LogP contribution in [0.5, 0.6) is 0 Å². The first-order valence-corrected chi connectivity index (χ1v) is 8.78. The van der Waals surface area contributed by atoms with E-state index in [1.807, 2.05) is 31.2 Å². The van der Waals surface area contributed by atoms with Gasteiger partial charge in [0.1, 0.15) is 0 Å². The summed E-state index contributed by atoms with van der Waals surface area (Å²) in [4.78, 5) is 13.6. The molecule has 1 saturated heterocycles. The van der Waals surface area contributed by atoms with Gasteiger partial charge < -0.3 is 11.1 Å². The topological polar surface area (TPSA) is 79.2 Å². The highest BCUT2D eigenvalue weighted by Gasteiger charge is 2.35. The van der Waals surface area contributed by atoms with Crippen LogP contribution in [0.2, 0.25) is 0 Å². The van der Waals surface area contributed by atoms with Crippen LogP contribution in [0.3, 0.4) is 0 Å². The molecule has 0 aliphatic carbocycles. The van der Waals surface area contributed by atoms with Gasteiger partial charge in [0.25, 0.3) is 5.91 Å². The number of hydrogen-bond donors (Lipinski definition) is 4. The maximum Gasteiger partial charge on any atom is 0.251 e. The van der Waals surface area contributed by atoms with Crippen molar-refractivity contribution in [2.45, 2.75) is 36.3 Å². The molecule has 3 rings (SSSR count). The van der Waals surface area contributed by atoms with Gasteiger partial charge in [-0.15, -0.1) is 11.8 Å². The van der Waals surface area contributed by atoms with Gasteiger partial charge in [-0.2, -0.15) is 0 Å². The largest absolute Gasteiger partial charge is 0.344 e. The number of hydrogen-bond acceptors (Lipinski definition) is 5. The van der Waals surface area contributed by atoms with Crippen LogP contribution in [0.4, 0.5) is 0 Å². The Morgan fingerprint density at radius 3 is 2.21 bits per heavy atom. The Kier molecular flexibility index (Phi) is 5.20. The van der Waals surface area contributed by atoms with Crippen molar-refractivity contribution in [3.63, 3.8) is 0 Å². The third-order valence-electron chi connectivity index (χ3n) is 4.00. The highest BCUT2D eigenvalue weighted by molar-refractivity contribution is 8.00. The fraction of sp³-hybridized carbons (Fsp3) is 0.278. The Labute approximate surface area is 146 Å². The van der Waals surface area contributed by atoms with Gasteiger partial charge in [-0.05, 0) is 38.1 Å². The molecule has 2 aromatic rings. The molecule has 1 amide bonds. The number of nitrogens with one attached hydrogen (secondary N) is 3. The molecule has 6 heteroatoms. The maximum atomic E-state index is 12.5. The van der Waals surface area contributed by atoms with Crippen LogP contribution < -0.4 is 21.9 Å². The number of carbonyl (C=O) groups excluding carboxylic acids is 1. The number of carbonyl (C=O) groups is 1. The number of rotatable bonds is 4. The van der Waals surface area contributed by atoms with Crippen LogP contribution in [0, 0.1) is 13.8 Å². The third kappa shape index (κ3) is 3.96. The molecule has 5 nitrogen and oxygen atoms in total. The molecule has 0 aromatic heterocycles. The van der Waals surface area contributed by atoms with Crippen LogP contribution in [0.15, 0.2) is 53.4 Å². The molecular weight excluding hydrogens is 320 g/mol. The van der Waals surface area contributed by atoms with E-state index in [0.717, 1.165) is 10.5 Å². The predicted octanol–water partition coefficient (Wildman–Crippen LogP) is 1.91. The lowest BCUT2D eigenvalue weighted by molar-refractivity contribution is 0.0934. The van der Waals surface area contributed by atoms with Crippen molar-refractivity contribution in [3.8, 4) is 0 Å². The predicted molar refractivity (Wildman–Crippen MR) is 97.5 cm³/mol. The third-order valence-corrected chi connectivity index (χ3v) is 5.21. The van der Waals surface area contributed by atoms with E-state index in [4.69, 9.17) is 5.73 Å². The molecule has 126 valence electrons. The first kappa shape index (κ1) is 17.0. The van der Waals surface area contributed by atoms with Gasteiger partial charge in [0.05, 0.1) is 17.6 Å². The Morgan fingerprint density at radius 2 is 1.58 bits per heavy atom. The van der Waals surface area contributed by atoms with Crippen molar-refractivity contribution in [1.82, 2.24) is 16.2 Å². The van der Waals surface area contributed by atoms with Crippen LogP contribution in [-0.2, 0) is 0 Å². The lowest BCUT2D eigenvalue weighted by atomic mass is 10.1. The van der Waals surface area contributed by atoms with Gasteiger partial charge in [-0.25, -0.2) is 10.9 Å². The van der Waals surface area contributed by atoms with E-state index in [1.54, 1.807) is 11.8 Å². The molecule has 1 fully saturated rings. The van der Waals surface area contributed by atoms with Crippen LogP contribution in [0.25, 0.3) is 0 Å². The maximum absolute atomic E-state index is 12.5. The number of amides is 1. The second-order valence-corrected chi connectivity index (χ2v) is 7.25. The summed E-state index contributed by atoms with van der Waals surface area (Å²) in [7, 11) is 0. The summed E-state index contributed by atoms with van der Waals surface area (Å²) < 4.78 is 0. The minimum atomic E-state index is -0.345. The summed E-state index contributed by atoms with van der Waals surface area (Å²) in [5.41, 5.74) is 15.2. The summed E-state index contributed by atoms with van der Waals surface area (Å²) in [5.74, 6) is -0.115. The monoisotopic (exact) mass is 342 g/mol. The molecule has 1 aliphatic heterocycles. The quantitative estimate of drug-likeness (QED) is 0.683. The van der Waals surface area contributed by atoms with Crippen molar-refractivity contribution >= 4 is 17.7 Å². The van der Waals surface area contributed by atoms with Gasteiger partial charge in [-0.3, -0.25) is 4.79 Å². The van der Waals surface area contributed by atoms with Crippen molar-refractivity contribution in [1.29, 1.82) is 0 Å². The lowest BCUT2D eigenvalue weighted by Crippen LogP contribution is -2.51. The molecule has 5 N–H and O–H groups in total. The van der Waals surface area contributed by atoms with Gasteiger partial charge >= 0.3 is 0 Å². The number of benzene rings is 2. The second kappa shape index (κ2) is 7.36. The van der Waals surface area contributed by atoms with Crippen molar-refractivity contribution in [3.05, 3.63) is 65.2 Å². The lowest BCUT2D eigenvalue weighted by Gasteiger charge is -2.22. The average Bonchev–Trinajstić information content (AvgIpc) is 2.91. The SMILES string of the molecule is Cc1ccc(SC2NNC(N)C2NC(=O)c2ccc(C)cc2)cc1. The minimum Gasteiger partial charge on any atom is -0.344 e. The molecule has 24 heavy (non-hydrogen) atoms. The Balaban J connectivity index is 1.68. The molecule has 2 aromatic carbocycles. The standard InChI is InChI=1S/C18H22N4OS/c1-11-3-7-13(8-4-11)17(23)20-15-16(19)21-22-18(15)24-14-9-5-12(2)6-10-14/h3-10,15-16,18,21-22H,19H2,1-2H3,(H,20,23). The number of nitrogens with two attached hydrogens (primary N) is 1. The summed E-state index contributed by atoms with van der Waals surface area (Å²) in [5, 5.41) is 2.99. The van der Waals surface area contributed by atoms with Crippen molar-refractivity contribution in [2.75, 3.05) is 0 Å². The Hall–Kier alpha value is -1.86. The first-order valence-electron chi connectivity index (χ1n) is 7.90. The number of thioether (sulfide) groups is 1. The van der Waals surface area contributed by atoms with Crippen LogP contribution in [-0.4, -0.2) is 23.5 Å². The zero-order chi connectivity index (χ0) is 17.1. The average molecular weight is 342 g/mol. The molecule has 0 radical (unpaired) electrons. The highest BCUT2D eigenvalue weighted by Crippen LogP contribution is 2.26. The van der Waals surface area contributed by atoms with Gasteiger partial charge in [0.15, 0.2) is 0 Å². The molecule has 1 aliphatic rings. The van der Waals surface area contributed by atoms with E-state index < -0.39 is 0 Å². The Bertz CT molecular complexity index is 702. The smallest absolute Gasteiger partial charge is 0.251 e. The van der Waals surface area contributed by atoms with Crippen LogP contribution >= 0.6 is 11.8 Å². The van der Waals surface area contributed by atoms with Gasteiger partial charge in [0.2, 0.25) is 0 Å². The summed E-state index contributed by atoms with van der Waals surface area (Å²) in [6.45, 7) is 4.06. The fourth-order valence-electron chi connectivity index (χ4n) is 2.52. The summed E-state index contributed by atoms with van der Waals surface area (Å²) >= 11 is 1.64. The Morgan fingerprint density at radius 1 is 1.00 bits per heavy atom. The molecule has 3 unspecified atom stereocenters. The van der Waals surface area contributed by atoms with Crippen molar-refractivity contribution in [2.24, 2.45) is 5.73 Å². The van der Waals surface area contributed by atoms with E-state index in [0.29, 0.717) is 5.56 Å². The molecule has 3 atom stereocenters. The normalized spacial score (nSPS) is 23.2. The molecular formula is C18H22N4OS. The summed E-state index contributed by atoms with van der Waals surface area (Å²) in [6, 6.07) is 15.6. The molecule has 1 heterocycles. The second-order valence-electron chi connectivity index (χ2n) is 6.03.